The summed E-state index contributed by atoms with van der Waals surface area (Å²) >= 11 is 0. The first-order valence-electron chi connectivity index (χ1n) is 9.57. The molecule has 2 aliphatic rings. The summed E-state index contributed by atoms with van der Waals surface area (Å²) < 4.78 is 16.9. The predicted octanol–water partition coefficient (Wildman–Crippen LogP) is 2.81. The van der Waals surface area contributed by atoms with Crippen molar-refractivity contribution < 1.29 is 23.8 Å². The number of fused-ring (bicyclic) bond motifs is 2. The Morgan fingerprint density at radius 2 is 2.00 bits per heavy atom. The van der Waals surface area contributed by atoms with Crippen LogP contribution in [-0.2, 0) is 28.9 Å². The van der Waals surface area contributed by atoms with Crippen molar-refractivity contribution in [2.24, 2.45) is 0 Å². The first kappa shape index (κ1) is 18.3. The highest BCUT2D eigenvalue weighted by molar-refractivity contribution is 5.95. The predicted molar refractivity (Wildman–Crippen MR) is 103 cm³/mol. The highest BCUT2D eigenvalue weighted by Crippen LogP contribution is 2.35. The van der Waals surface area contributed by atoms with Crippen LogP contribution in [0.1, 0.15) is 40.9 Å². The molecule has 2 atom stereocenters. The third kappa shape index (κ3) is 3.54. The van der Waals surface area contributed by atoms with Crippen molar-refractivity contribution in [3.8, 4) is 11.5 Å². The van der Waals surface area contributed by atoms with Crippen LogP contribution in [0.2, 0.25) is 0 Å². The van der Waals surface area contributed by atoms with Gasteiger partial charge in [-0.15, -0.1) is 0 Å². The Morgan fingerprint density at radius 1 is 1.18 bits per heavy atom. The van der Waals surface area contributed by atoms with Gasteiger partial charge in [0.05, 0.1) is 12.2 Å². The van der Waals surface area contributed by atoms with Crippen LogP contribution < -0.4 is 14.8 Å². The number of carbonyl (C=O) groups excluding carboxylic acids is 2. The lowest BCUT2D eigenvalue weighted by Gasteiger charge is -2.24. The first-order valence-corrected chi connectivity index (χ1v) is 9.57. The second-order valence-corrected chi connectivity index (χ2v) is 7.11. The van der Waals surface area contributed by atoms with Crippen LogP contribution in [0.3, 0.4) is 0 Å². The summed E-state index contributed by atoms with van der Waals surface area (Å²) in [6.07, 6.45) is 0.524. The number of ether oxygens (including phenoxy) is 3. The third-order valence-corrected chi connectivity index (χ3v) is 5.02. The van der Waals surface area contributed by atoms with E-state index in [9.17, 15) is 9.59 Å². The van der Waals surface area contributed by atoms with Crippen LogP contribution in [0.5, 0.6) is 11.5 Å². The largest absolute Gasteiger partial charge is 0.494 e. The molecule has 2 aliphatic heterocycles. The van der Waals surface area contributed by atoms with Gasteiger partial charge in [0.15, 0.2) is 6.10 Å². The molecule has 0 spiro atoms. The van der Waals surface area contributed by atoms with Crippen molar-refractivity contribution >= 4 is 11.9 Å². The van der Waals surface area contributed by atoms with Gasteiger partial charge in [-0.25, -0.2) is 4.79 Å². The van der Waals surface area contributed by atoms with E-state index in [4.69, 9.17) is 14.2 Å². The Morgan fingerprint density at radius 3 is 2.82 bits per heavy atom. The van der Waals surface area contributed by atoms with Crippen LogP contribution >= 0.6 is 0 Å². The SMILES string of the molecule is CCOc1cc2c(cc1CNC(=O)[C@H]1Cc3ccccc3C(=O)O1)O[C@H](C)C2. The molecule has 0 aliphatic carbocycles. The molecule has 2 heterocycles. The minimum Gasteiger partial charge on any atom is -0.494 e. The molecule has 28 heavy (non-hydrogen) atoms. The number of hydrogen-bond acceptors (Lipinski definition) is 5. The number of amides is 1. The topological polar surface area (TPSA) is 73.9 Å². The number of benzene rings is 2. The van der Waals surface area contributed by atoms with Gasteiger partial charge in [-0.2, -0.15) is 0 Å². The second kappa shape index (κ2) is 7.54. The molecular weight excluding hydrogens is 358 g/mol. The highest BCUT2D eigenvalue weighted by atomic mass is 16.5. The van der Waals surface area contributed by atoms with E-state index in [1.54, 1.807) is 12.1 Å². The summed E-state index contributed by atoms with van der Waals surface area (Å²) in [6, 6.07) is 11.1. The van der Waals surface area contributed by atoms with Crippen LogP contribution in [0.15, 0.2) is 36.4 Å². The van der Waals surface area contributed by atoms with Crippen molar-refractivity contribution in [2.45, 2.75) is 45.4 Å². The fourth-order valence-corrected chi connectivity index (χ4v) is 3.68. The van der Waals surface area contributed by atoms with Gasteiger partial charge in [0.2, 0.25) is 0 Å². The van der Waals surface area contributed by atoms with Crippen molar-refractivity contribution in [3.63, 3.8) is 0 Å². The smallest absolute Gasteiger partial charge is 0.339 e. The maximum atomic E-state index is 12.6. The molecule has 0 saturated carbocycles. The number of hydrogen-bond donors (Lipinski definition) is 1. The van der Waals surface area contributed by atoms with E-state index in [1.165, 1.54) is 0 Å². The van der Waals surface area contributed by atoms with Crippen molar-refractivity contribution in [1.29, 1.82) is 0 Å². The van der Waals surface area contributed by atoms with Crippen molar-refractivity contribution in [1.82, 2.24) is 5.32 Å². The normalized spacial score (nSPS) is 19.9. The van der Waals surface area contributed by atoms with Gasteiger partial charge < -0.3 is 19.5 Å². The van der Waals surface area contributed by atoms with Gasteiger partial charge in [0, 0.05) is 30.5 Å². The standard InChI is InChI=1S/C22H23NO5/c1-3-26-18-10-15-8-13(2)27-19(15)11-16(18)12-23-21(24)20-9-14-6-4-5-7-17(14)22(25)28-20/h4-7,10-11,13,20H,3,8-9,12H2,1-2H3,(H,23,24)/t13-,20-/m1/s1. The Hall–Kier alpha value is -3.02. The summed E-state index contributed by atoms with van der Waals surface area (Å²) in [5.41, 5.74) is 3.30. The fourth-order valence-electron chi connectivity index (χ4n) is 3.68. The maximum Gasteiger partial charge on any atom is 0.339 e. The third-order valence-electron chi connectivity index (χ3n) is 5.02. The molecule has 6 heteroatoms. The lowest BCUT2D eigenvalue weighted by atomic mass is 9.98. The Balaban J connectivity index is 1.47. The summed E-state index contributed by atoms with van der Waals surface area (Å²) in [5, 5.41) is 2.87. The Kier molecular flexibility index (Phi) is 4.94. The zero-order valence-electron chi connectivity index (χ0n) is 16.0. The quantitative estimate of drug-likeness (QED) is 0.807. The first-order chi connectivity index (χ1) is 13.5. The highest BCUT2D eigenvalue weighted by Gasteiger charge is 2.31. The minimum atomic E-state index is -0.830. The van der Waals surface area contributed by atoms with Crippen LogP contribution in [0, 0.1) is 0 Å². The lowest BCUT2D eigenvalue weighted by Crippen LogP contribution is -2.41. The van der Waals surface area contributed by atoms with E-state index in [1.807, 2.05) is 38.1 Å². The summed E-state index contributed by atoms with van der Waals surface area (Å²) in [5.74, 6) is 0.792. The molecule has 0 bridgehead atoms. The van der Waals surface area contributed by atoms with Gasteiger partial charge in [0.1, 0.15) is 17.6 Å². The van der Waals surface area contributed by atoms with Gasteiger partial charge in [-0.3, -0.25) is 4.79 Å². The van der Waals surface area contributed by atoms with E-state index in [-0.39, 0.29) is 18.6 Å². The number of rotatable bonds is 5. The van der Waals surface area contributed by atoms with Crippen LogP contribution in [0.4, 0.5) is 0 Å². The summed E-state index contributed by atoms with van der Waals surface area (Å²) in [6.45, 7) is 4.76. The molecular formula is C22H23NO5. The maximum absolute atomic E-state index is 12.6. The van der Waals surface area contributed by atoms with Crippen molar-refractivity contribution in [2.75, 3.05) is 6.61 Å². The molecule has 0 fully saturated rings. The number of carbonyl (C=O) groups is 2. The minimum absolute atomic E-state index is 0.135. The molecule has 2 aromatic carbocycles. The Labute approximate surface area is 163 Å². The van der Waals surface area contributed by atoms with Crippen molar-refractivity contribution in [3.05, 3.63) is 58.7 Å². The van der Waals surface area contributed by atoms with E-state index in [0.29, 0.717) is 18.6 Å². The average Bonchev–Trinajstić information content (AvgIpc) is 3.05. The Bertz CT molecular complexity index is 923. The van der Waals surface area contributed by atoms with E-state index in [0.717, 1.165) is 34.6 Å². The molecule has 2 aromatic rings. The van der Waals surface area contributed by atoms with Crippen LogP contribution in [-0.4, -0.2) is 30.7 Å². The molecule has 0 aromatic heterocycles. The average molecular weight is 381 g/mol. The molecule has 0 radical (unpaired) electrons. The van der Waals surface area contributed by atoms with E-state index >= 15 is 0 Å². The molecule has 0 unspecified atom stereocenters. The zero-order chi connectivity index (χ0) is 19.7. The zero-order valence-corrected chi connectivity index (χ0v) is 16.0. The fraction of sp³-hybridized carbons (Fsp3) is 0.364. The number of cyclic esters (lactones) is 1. The van der Waals surface area contributed by atoms with Gasteiger partial charge in [0.25, 0.3) is 5.91 Å². The van der Waals surface area contributed by atoms with Gasteiger partial charge in [-0.1, -0.05) is 18.2 Å². The van der Waals surface area contributed by atoms with Gasteiger partial charge >= 0.3 is 5.97 Å². The van der Waals surface area contributed by atoms with E-state index in [2.05, 4.69) is 5.32 Å². The molecule has 4 rings (SSSR count). The monoisotopic (exact) mass is 381 g/mol. The molecule has 1 amide bonds. The summed E-state index contributed by atoms with van der Waals surface area (Å²) in [7, 11) is 0. The van der Waals surface area contributed by atoms with Gasteiger partial charge in [-0.05, 0) is 37.6 Å². The number of esters is 1. The summed E-state index contributed by atoms with van der Waals surface area (Å²) in [4.78, 5) is 24.8. The van der Waals surface area contributed by atoms with Crippen LogP contribution in [0.25, 0.3) is 0 Å². The lowest BCUT2D eigenvalue weighted by molar-refractivity contribution is -0.130. The molecule has 146 valence electrons. The second-order valence-electron chi connectivity index (χ2n) is 7.11. The number of nitrogens with one attached hydrogen (secondary N) is 1. The van der Waals surface area contributed by atoms with E-state index < -0.39 is 12.1 Å². The molecule has 0 saturated heterocycles. The molecule has 1 N–H and O–H groups in total. The molecule has 6 nitrogen and oxygen atoms in total.